The fourth-order valence-electron chi connectivity index (χ4n) is 5.80. The summed E-state index contributed by atoms with van der Waals surface area (Å²) in [5.41, 5.74) is 1.17. The van der Waals surface area contributed by atoms with Crippen LogP contribution in [0.3, 0.4) is 0 Å². The molecular weight excluding hydrogens is 300 g/mol. The van der Waals surface area contributed by atoms with Gasteiger partial charge in [-0.2, -0.15) is 0 Å². The number of hydrogen-bond acceptors (Lipinski definition) is 4. The van der Waals surface area contributed by atoms with Crippen molar-refractivity contribution in [2.45, 2.75) is 51.5 Å². The Labute approximate surface area is 144 Å². The minimum atomic E-state index is 0.196. The zero-order valence-electron chi connectivity index (χ0n) is 14.8. The van der Waals surface area contributed by atoms with Crippen LogP contribution in [0.2, 0.25) is 0 Å². The summed E-state index contributed by atoms with van der Waals surface area (Å²) in [6, 6.07) is 1.87. The molecule has 4 aliphatic rings. The molecule has 1 aromatic rings. The van der Waals surface area contributed by atoms with Gasteiger partial charge in [0.2, 0.25) is 11.9 Å². The number of nitrogens with one attached hydrogen (secondary N) is 1. The van der Waals surface area contributed by atoms with E-state index in [1.165, 1.54) is 38.5 Å². The minimum Gasteiger partial charge on any atom is -0.350 e. The van der Waals surface area contributed by atoms with Crippen LogP contribution in [-0.2, 0) is 11.3 Å². The first-order valence-electron chi connectivity index (χ1n) is 9.27. The molecule has 5 rings (SSSR count). The Balaban J connectivity index is 1.35. The summed E-state index contributed by atoms with van der Waals surface area (Å²) in [5, 5.41) is 3.09. The highest BCUT2D eigenvalue weighted by Gasteiger charge is 2.51. The Hall–Kier alpha value is -1.65. The quantitative estimate of drug-likeness (QED) is 0.903. The average Bonchev–Trinajstić information content (AvgIpc) is 2.51. The Morgan fingerprint density at radius 3 is 2.42 bits per heavy atom. The van der Waals surface area contributed by atoms with Gasteiger partial charge in [0.25, 0.3) is 0 Å². The maximum Gasteiger partial charge on any atom is 0.225 e. The van der Waals surface area contributed by atoms with Crippen molar-refractivity contribution in [1.29, 1.82) is 0 Å². The molecule has 0 atom stereocenters. The van der Waals surface area contributed by atoms with Gasteiger partial charge in [-0.05, 0) is 67.8 Å². The summed E-state index contributed by atoms with van der Waals surface area (Å²) in [5.74, 6) is 3.57. The molecule has 1 N–H and O–H groups in total. The molecule has 24 heavy (non-hydrogen) atoms. The number of amides is 1. The molecule has 1 heterocycles. The summed E-state index contributed by atoms with van der Waals surface area (Å²) in [7, 11) is 3.84. The van der Waals surface area contributed by atoms with Crippen molar-refractivity contribution in [2.75, 3.05) is 19.0 Å². The number of carbonyl (C=O) groups excluding carboxylic acids is 1. The number of hydrogen-bond donors (Lipinski definition) is 1. The molecule has 5 nitrogen and oxygen atoms in total. The van der Waals surface area contributed by atoms with Gasteiger partial charge in [0, 0.05) is 26.7 Å². The van der Waals surface area contributed by atoms with Gasteiger partial charge in [-0.25, -0.2) is 9.97 Å². The van der Waals surface area contributed by atoms with Gasteiger partial charge in [-0.1, -0.05) is 0 Å². The molecule has 0 saturated heterocycles. The first-order valence-corrected chi connectivity index (χ1v) is 9.27. The van der Waals surface area contributed by atoms with E-state index in [2.05, 4.69) is 15.3 Å². The largest absolute Gasteiger partial charge is 0.350 e. The molecule has 1 amide bonds. The lowest BCUT2D eigenvalue weighted by Gasteiger charge is -2.56. The second-order valence-electron chi connectivity index (χ2n) is 8.61. The van der Waals surface area contributed by atoms with Crippen LogP contribution in [0.4, 0.5) is 5.95 Å². The van der Waals surface area contributed by atoms with Crippen LogP contribution in [0.15, 0.2) is 12.3 Å². The smallest absolute Gasteiger partial charge is 0.225 e. The minimum absolute atomic E-state index is 0.196. The summed E-state index contributed by atoms with van der Waals surface area (Å²) in [6.45, 7) is 0.495. The lowest BCUT2D eigenvalue weighted by atomic mass is 9.49. The van der Waals surface area contributed by atoms with E-state index in [9.17, 15) is 4.79 Å². The molecule has 5 heteroatoms. The molecule has 0 spiro atoms. The van der Waals surface area contributed by atoms with E-state index in [4.69, 9.17) is 0 Å². The molecule has 0 aromatic carbocycles. The van der Waals surface area contributed by atoms with Crippen molar-refractivity contribution < 1.29 is 4.79 Å². The van der Waals surface area contributed by atoms with Gasteiger partial charge >= 0.3 is 0 Å². The van der Waals surface area contributed by atoms with Gasteiger partial charge in [0.05, 0.1) is 12.2 Å². The maximum absolute atomic E-state index is 12.6. The van der Waals surface area contributed by atoms with Crippen molar-refractivity contribution in [3.05, 3.63) is 18.0 Å². The molecule has 4 bridgehead atoms. The van der Waals surface area contributed by atoms with E-state index in [-0.39, 0.29) is 5.91 Å². The molecule has 4 fully saturated rings. The van der Waals surface area contributed by atoms with Gasteiger partial charge in [0.15, 0.2) is 0 Å². The third kappa shape index (κ3) is 3.13. The molecule has 0 radical (unpaired) electrons. The number of rotatable bonds is 5. The van der Waals surface area contributed by atoms with Crippen LogP contribution in [-0.4, -0.2) is 30.0 Å². The first kappa shape index (κ1) is 15.9. The van der Waals surface area contributed by atoms with Gasteiger partial charge in [-0.3, -0.25) is 4.79 Å². The van der Waals surface area contributed by atoms with Crippen LogP contribution in [0.5, 0.6) is 0 Å². The number of anilines is 1. The average molecular weight is 328 g/mol. The van der Waals surface area contributed by atoms with Crippen LogP contribution >= 0.6 is 0 Å². The topological polar surface area (TPSA) is 58.1 Å². The molecule has 0 aliphatic heterocycles. The number of aromatic nitrogens is 2. The van der Waals surface area contributed by atoms with Crippen LogP contribution in [0, 0.1) is 23.2 Å². The predicted molar refractivity (Wildman–Crippen MR) is 93.4 cm³/mol. The lowest BCUT2D eigenvalue weighted by molar-refractivity contribution is -0.129. The number of nitrogens with zero attached hydrogens (tertiary/aromatic N) is 3. The van der Waals surface area contributed by atoms with Crippen molar-refractivity contribution in [1.82, 2.24) is 15.3 Å². The highest BCUT2D eigenvalue weighted by molar-refractivity contribution is 5.76. The second-order valence-corrected chi connectivity index (χ2v) is 8.61. The fourth-order valence-corrected chi connectivity index (χ4v) is 5.80. The maximum atomic E-state index is 12.6. The van der Waals surface area contributed by atoms with E-state index in [1.54, 1.807) is 6.20 Å². The van der Waals surface area contributed by atoms with E-state index in [0.29, 0.717) is 24.3 Å². The van der Waals surface area contributed by atoms with Crippen molar-refractivity contribution in [2.24, 2.45) is 23.2 Å². The molecular formula is C19H28N4O. The van der Waals surface area contributed by atoms with Crippen LogP contribution < -0.4 is 10.2 Å². The summed E-state index contributed by atoms with van der Waals surface area (Å²) >= 11 is 0. The van der Waals surface area contributed by atoms with E-state index in [1.807, 2.05) is 25.1 Å². The fraction of sp³-hybridized carbons (Fsp3) is 0.737. The summed E-state index contributed by atoms with van der Waals surface area (Å²) < 4.78 is 0. The molecule has 0 unspecified atom stereocenters. The van der Waals surface area contributed by atoms with Crippen molar-refractivity contribution >= 4 is 11.9 Å². The zero-order valence-corrected chi connectivity index (χ0v) is 14.8. The Morgan fingerprint density at radius 2 is 1.83 bits per heavy atom. The Morgan fingerprint density at radius 1 is 1.21 bits per heavy atom. The van der Waals surface area contributed by atoms with Crippen molar-refractivity contribution in [3.8, 4) is 0 Å². The Kier molecular flexibility index (Phi) is 3.97. The SMILES string of the molecule is CN(C)c1nccc(CNC(=O)CC23CC4CC(CC(C4)C2)C3)n1. The van der Waals surface area contributed by atoms with Gasteiger partial charge < -0.3 is 10.2 Å². The normalized spacial score (nSPS) is 33.5. The van der Waals surface area contributed by atoms with Crippen LogP contribution in [0.25, 0.3) is 0 Å². The van der Waals surface area contributed by atoms with E-state index >= 15 is 0 Å². The standard InChI is InChI=1S/C19H28N4O/c1-23(2)18-20-4-3-16(22-18)12-21-17(24)11-19-8-13-5-14(9-19)7-15(6-13)10-19/h3-4,13-15H,5-12H2,1-2H3,(H,21,24). The Bertz CT molecular complexity index is 592. The van der Waals surface area contributed by atoms with Crippen molar-refractivity contribution in [3.63, 3.8) is 0 Å². The first-order chi connectivity index (χ1) is 11.5. The molecule has 1 aromatic heterocycles. The third-order valence-corrected chi connectivity index (χ3v) is 6.27. The predicted octanol–water partition coefficient (Wildman–Crippen LogP) is 2.77. The molecule has 130 valence electrons. The molecule has 4 aliphatic carbocycles. The summed E-state index contributed by atoms with van der Waals surface area (Å²) in [4.78, 5) is 23.1. The number of carbonyl (C=O) groups is 1. The third-order valence-electron chi connectivity index (χ3n) is 6.27. The zero-order chi connectivity index (χ0) is 16.7. The van der Waals surface area contributed by atoms with E-state index in [0.717, 1.165) is 23.4 Å². The monoisotopic (exact) mass is 328 g/mol. The van der Waals surface area contributed by atoms with Gasteiger partial charge in [0.1, 0.15) is 0 Å². The molecule has 4 saturated carbocycles. The highest BCUT2D eigenvalue weighted by atomic mass is 16.1. The summed E-state index contributed by atoms with van der Waals surface area (Å²) in [6.07, 6.45) is 10.6. The van der Waals surface area contributed by atoms with Crippen LogP contribution in [0.1, 0.15) is 50.6 Å². The lowest BCUT2D eigenvalue weighted by Crippen LogP contribution is -2.48. The highest BCUT2D eigenvalue weighted by Crippen LogP contribution is 2.61. The van der Waals surface area contributed by atoms with Gasteiger partial charge in [-0.15, -0.1) is 0 Å². The van der Waals surface area contributed by atoms with E-state index < -0.39 is 0 Å². The second kappa shape index (κ2) is 6.01.